The molecule has 0 saturated carbocycles. The maximum Gasteiger partial charge on any atom is 0.156 e. The van der Waals surface area contributed by atoms with Gasteiger partial charge in [-0.1, -0.05) is 31.2 Å². The Morgan fingerprint density at radius 1 is 1.35 bits per heavy atom. The molecule has 0 fully saturated rings. The summed E-state index contributed by atoms with van der Waals surface area (Å²) in [4.78, 5) is 11.2. The van der Waals surface area contributed by atoms with E-state index in [-0.39, 0.29) is 6.61 Å². The van der Waals surface area contributed by atoms with Crippen molar-refractivity contribution < 1.29 is 9.90 Å². The summed E-state index contributed by atoms with van der Waals surface area (Å²) in [5.41, 5.74) is 9.05. The highest BCUT2D eigenvalue weighted by Crippen LogP contribution is 2.26. The monoisotopic (exact) mass is 273 g/mol. The molecule has 0 unspecified atom stereocenters. The highest BCUT2D eigenvalue weighted by Gasteiger charge is 2.16. The molecule has 20 heavy (non-hydrogen) atoms. The average Bonchev–Trinajstić information content (AvgIpc) is 2.81. The first kappa shape index (κ1) is 14.3. The first-order chi connectivity index (χ1) is 9.71. The number of carbonyl (C=O) groups excluding carboxylic acids is 1. The predicted molar refractivity (Wildman–Crippen MR) is 78.5 cm³/mol. The summed E-state index contributed by atoms with van der Waals surface area (Å²) >= 11 is 0. The van der Waals surface area contributed by atoms with E-state index in [9.17, 15) is 4.79 Å². The number of rotatable bonds is 6. The molecule has 0 radical (unpaired) electrons. The molecule has 5 heteroatoms. The van der Waals surface area contributed by atoms with Gasteiger partial charge in [-0.05, 0) is 18.4 Å². The molecule has 2 aromatic rings. The number of aliphatic hydroxyl groups is 1. The minimum absolute atomic E-state index is 0.0657. The van der Waals surface area contributed by atoms with Gasteiger partial charge in [0.25, 0.3) is 0 Å². The number of aromatic nitrogens is 2. The summed E-state index contributed by atoms with van der Waals surface area (Å²) in [6.45, 7) is 2.65. The Bertz CT molecular complexity index is 588. The molecule has 1 aromatic heterocycles. The van der Waals surface area contributed by atoms with E-state index in [1.165, 1.54) is 5.56 Å². The fourth-order valence-electron chi connectivity index (χ4n) is 2.11. The van der Waals surface area contributed by atoms with Crippen molar-refractivity contribution in [3.8, 4) is 11.3 Å². The Balaban J connectivity index is 2.41. The summed E-state index contributed by atoms with van der Waals surface area (Å²) in [6.07, 6.45) is 2.26. The number of aryl methyl sites for hydroxylation is 2. The van der Waals surface area contributed by atoms with E-state index >= 15 is 0 Å². The van der Waals surface area contributed by atoms with Crippen molar-refractivity contribution in [2.45, 2.75) is 26.3 Å². The van der Waals surface area contributed by atoms with Crippen LogP contribution in [0.5, 0.6) is 0 Å². The van der Waals surface area contributed by atoms with Crippen LogP contribution in [0.25, 0.3) is 11.3 Å². The summed E-state index contributed by atoms with van der Waals surface area (Å²) in [5, 5.41) is 13.3. The fourth-order valence-corrected chi connectivity index (χ4v) is 2.11. The van der Waals surface area contributed by atoms with Crippen LogP contribution in [0.1, 0.15) is 29.3 Å². The maximum absolute atomic E-state index is 11.2. The van der Waals surface area contributed by atoms with Crippen LogP contribution in [0.2, 0.25) is 0 Å². The molecule has 0 atom stereocenters. The lowest BCUT2D eigenvalue weighted by Crippen LogP contribution is -2.06. The van der Waals surface area contributed by atoms with E-state index in [0.29, 0.717) is 30.0 Å². The zero-order valence-electron chi connectivity index (χ0n) is 11.5. The van der Waals surface area contributed by atoms with Crippen molar-refractivity contribution in [2.24, 2.45) is 0 Å². The minimum atomic E-state index is 0.0657. The maximum atomic E-state index is 11.2. The second kappa shape index (κ2) is 6.34. The van der Waals surface area contributed by atoms with Gasteiger partial charge in [-0.15, -0.1) is 0 Å². The molecule has 1 heterocycles. The molecule has 2 rings (SSSR count). The molecule has 5 nitrogen and oxygen atoms in total. The standard InChI is InChI=1S/C15H19N3O2/c1-2-11-4-6-12(7-5-11)14-13(10-20)15(16)18(17-14)8-3-9-19/h4-7,10,19H,2-3,8-9,16H2,1H3. The smallest absolute Gasteiger partial charge is 0.156 e. The van der Waals surface area contributed by atoms with Gasteiger partial charge >= 0.3 is 0 Å². The second-order valence-corrected chi connectivity index (χ2v) is 4.62. The molecule has 3 N–H and O–H groups in total. The zero-order valence-corrected chi connectivity index (χ0v) is 11.5. The molecule has 106 valence electrons. The fraction of sp³-hybridized carbons (Fsp3) is 0.333. The minimum Gasteiger partial charge on any atom is -0.396 e. The van der Waals surface area contributed by atoms with Gasteiger partial charge in [0.1, 0.15) is 11.5 Å². The molecule has 1 aromatic carbocycles. The van der Waals surface area contributed by atoms with Crippen LogP contribution in [0, 0.1) is 0 Å². The van der Waals surface area contributed by atoms with E-state index in [4.69, 9.17) is 10.8 Å². The van der Waals surface area contributed by atoms with Crippen molar-refractivity contribution in [2.75, 3.05) is 12.3 Å². The number of benzene rings is 1. The van der Waals surface area contributed by atoms with E-state index in [0.717, 1.165) is 18.3 Å². The zero-order chi connectivity index (χ0) is 14.5. The molecule has 0 amide bonds. The van der Waals surface area contributed by atoms with Gasteiger partial charge in [-0.2, -0.15) is 5.10 Å². The molecule has 0 saturated heterocycles. The SMILES string of the molecule is CCc1ccc(-c2nn(CCCO)c(N)c2C=O)cc1. The second-order valence-electron chi connectivity index (χ2n) is 4.62. The largest absolute Gasteiger partial charge is 0.396 e. The summed E-state index contributed by atoms with van der Waals surface area (Å²) in [5.74, 6) is 0.350. The van der Waals surface area contributed by atoms with Crippen molar-refractivity contribution in [3.05, 3.63) is 35.4 Å². The van der Waals surface area contributed by atoms with Crippen molar-refractivity contribution in [1.82, 2.24) is 9.78 Å². The Labute approximate surface area is 118 Å². The van der Waals surface area contributed by atoms with E-state index in [1.807, 2.05) is 24.3 Å². The van der Waals surface area contributed by atoms with Crippen molar-refractivity contribution in [3.63, 3.8) is 0 Å². The van der Waals surface area contributed by atoms with Crippen LogP contribution in [0.4, 0.5) is 5.82 Å². The molecule has 0 aliphatic heterocycles. The van der Waals surface area contributed by atoms with Gasteiger partial charge in [0.15, 0.2) is 6.29 Å². The number of aliphatic hydroxyl groups excluding tert-OH is 1. The molecular weight excluding hydrogens is 254 g/mol. The quantitative estimate of drug-likeness (QED) is 0.787. The van der Waals surface area contributed by atoms with Crippen molar-refractivity contribution in [1.29, 1.82) is 0 Å². The van der Waals surface area contributed by atoms with Crippen LogP contribution >= 0.6 is 0 Å². The van der Waals surface area contributed by atoms with Crippen LogP contribution < -0.4 is 5.73 Å². The van der Waals surface area contributed by atoms with E-state index < -0.39 is 0 Å². The Morgan fingerprint density at radius 3 is 2.60 bits per heavy atom. The lowest BCUT2D eigenvalue weighted by Gasteiger charge is -2.01. The first-order valence-corrected chi connectivity index (χ1v) is 6.72. The molecule has 0 bridgehead atoms. The third-order valence-corrected chi connectivity index (χ3v) is 3.31. The summed E-state index contributed by atoms with van der Waals surface area (Å²) < 4.78 is 1.57. The molecular formula is C15H19N3O2. The lowest BCUT2D eigenvalue weighted by atomic mass is 10.1. The molecule has 0 aliphatic rings. The number of anilines is 1. The van der Waals surface area contributed by atoms with Gasteiger partial charge in [0.05, 0.1) is 5.56 Å². The van der Waals surface area contributed by atoms with Crippen LogP contribution in [-0.4, -0.2) is 27.8 Å². The van der Waals surface area contributed by atoms with Crippen LogP contribution in [0.15, 0.2) is 24.3 Å². The summed E-state index contributed by atoms with van der Waals surface area (Å²) in [6, 6.07) is 7.94. The normalized spacial score (nSPS) is 10.7. The summed E-state index contributed by atoms with van der Waals surface area (Å²) in [7, 11) is 0. The Morgan fingerprint density at radius 2 is 2.05 bits per heavy atom. The number of hydrogen-bond acceptors (Lipinski definition) is 4. The first-order valence-electron chi connectivity index (χ1n) is 6.72. The number of hydrogen-bond donors (Lipinski definition) is 2. The Hall–Kier alpha value is -2.14. The molecule has 0 aliphatic carbocycles. The predicted octanol–water partition coefficient (Wildman–Crippen LogP) is 1.89. The molecule has 0 spiro atoms. The lowest BCUT2D eigenvalue weighted by molar-refractivity contribution is 0.112. The number of nitrogen functional groups attached to an aromatic ring is 1. The van der Waals surface area contributed by atoms with Gasteiger partial charge in [0, 0.05) is 18.7 Å². The van der Waals surface area contributed by atoms with Crippen molar-refractivity contribution >= 4 is 12.1 Å². The van der Waals surface area contributed by atoms with E-state index in [2.05, 4.69) is 12.0 Å². The number of carbonyl (C=O) groups is 1. The third-order valence-electron chi connectivity index (χ3n) is 3.31. The van der Waals surface area contributed by atoms with Gasteiger partial charge in [0.2, 0.25) is 0 Å². The Kier molecular flexibility index (Phi) is 4.53. The number of nitrogens with two attached hydrogens (primary N) is 1. The number of aldehydes is 1. The van der Waals surface area contributed by atoms with Crippen LogP contribution in [-0.2, 0) is 13.0 Å². The van der Waals surface area contributed by atoms with E-state index in [1.54, 1.807) is 4.68 Å². The average molecular weight is 273 g/mol. The highest BCUT2D eigenvalue weighted by atomic mass is 16.3. The number of nitrogens with zero attached hydrogens (tertiary/aromatic N) is 2. The van der Waals surface area contributed by atoms with Gasteiger partial charge in [-0.25, -0.2) is 4.68 Å². The van der Waals surface area contributed by atoms with Gasteiger partial charge in [-0.3, -0.25) is 4.79 Å². The third kappa shape index (κ3) is 2.72. The highest BCUT2D eigenvalue weighted by molar-refractivity contribution is 5.91. The van der Waals surface area contributed by atoms with Crippen LogP contribution in [0.3, 0.4) is 0 Å². The van der Waals surface area contributed by atoms with Gasteiger partial charge < -0.3 is 10.8 Å². The topological polar surface area (TPSA) is 81.1 Å².